The van der Waals surface area contributed by atoms with Crippen molar-refractivity contribution >= 4 is 0 Å². The van der Waals surface area contributed by atoms with Gasteiger partial charge in [-0.05, 0) is 52.6 Å². The monoisotopic (exact) mass is 716 g/mol. The fourth-order valence-electron chi connectivity index (χ4n) is 6.67. The van der Waals surface area contributed by atoms with E-state index in [0.717, 1.165) is 67.0 Å². The van der Waals surface area contributed by atoms with Crippen LogP contribution in [-0.4, -0.2) is 24.9 Å². The van der Waals surface area contributed by atoms with Crippen LogP contribution in [-0.2, 0) is 0 Å². The van der Waals surface area contributed by atoms with Gasteiger partial charge in [0, 0.05) is 33.4 Å². The van der Waals surface area contributed by atoms with E-state index in [9.17, 15) is 5.26 Å². The van der Waals surface area contributed by atoms with Crippen LogP contribution in [0.2, 0.25) is 0 Å². The normalized spacial score (nSPS) is 10.8. The molecule has 0 unspecified atom stereocenters. The molecule has 6 heteroatoms. The summed E-state index contributed by atoms with van der Waals surface area (Å²) in [5.41, 5.74) is 12.0. The Labute approximate surface area is 325 Å². The Balaban J connectivity index is 1.08. The van der Waals surface area contributed by atoms with Gasteiger partial charge in [-0.3, -0.25) is 0 Å². The third kappa shape index (κ3) is 7.21. The lowest BCUT2D eigenvalue weighted by molar-refractivity contribution is 1.07. The Morgan fingerprint density at radius 3 is 1.07 bits per heavy atom. The largest absolute Gasteiger partial charge is 0.228 e. The summed E-state index contributed by atoms with van der Waals surface area (Å²) in [4.78, 5) is 24.9. The third-order valence-electron chi connectivity index (χ3n) is 9.60. The lowest BCUT2D eigenvalue weighted by Gasteiger charge is -2.12. The second-order valence-corrected chi connectivity index (χ2v) is 13.3. The van der Waals surface area contributed by atoms with E-state index in [1.54, 1.807) is 0 Å². The number of nitrogens with zero attached hydrogens (tertiary/aromatic N) is 6. The summed E-state index contributed by atoms with van der Waals surface area (Å²) in [5, 5.41) is 9.41. The van der Waals surface area contributed by atoms with Crippen LogP contribution in [0.4, 0.5) is 0 Å². The molecule has 0 aliphatic rings. The SMILES string of the molecule is N#Cc1ccc(-c2cc(-c3ccc(-c4cccc(-c5nc(-c6ccccc6)nc(-c6ccccc6)n5)c4)cc3)nc(-c3cccc(-c4ccccc4)c3)n2)cc1. The Morgan fingerprint density at radius 1 is 0.268 bits per heavy atom. The maximum Gasteiger partial charge on any atom is 0.164 e. The van der Waals surface area contributed by atoms with Gasteiger partial charge in [0.2, 0.25) is 0 Å². The standard InChI is InChI=1S/C50H32N6/c51-33-34-22-24-37(25-23-34)45-32-46(53-49(52-45)43-20-10-18-41(30-43)35-12-4-1-5-13-35)38-28-26-36(27-29-38)42-19-11-21-44(31-42)50-55-47(39-14-6-2-7-15-39)54-48(56-50)40-16-8-3-9-17-40/h1-32H. The summed E-state index contributed by atoms with van der Waals surface area (Å²) in [5.74, 6) is 2.48. The van der Waals surface area contributed by atoms with Crippen LogP contribution < -0.4 is 0 Å². The quantitative estimate of drug-likeness (QED) is 0.156. The lowest BCUT2D eigenvalue weighted by Crippen LogP contribution is -2.00. The van der Waals surface area contributed by atoms with Crippen LogP contribution in [0.25, 0.3) is 90.3 Å². The molecular formula is C50H32N6. The van der Waals surface area contributed by atoms with Crippen molar-refractivity contribution in [3.63, 3.8) is 0 Å². The van der Waals surface area contributed by atoms with Crippen LogP contribution in [0.3, 0.4) is 0 Å². The fraction of sp³-hybridized carbons (Fsp3) is 0. The molecule has 0 saturated carbocycles. The molecule has 7 aromatic carbocycles. The highest BCUT2D eigenvalue weighted by Crippen LogP contribution is 2.33. The summed E-state index contributed by atoms with van der Waals surface area (Å²) in [7, 11) is 0. The lowest BCUT2D eigenvalue weighted by atomic mass is 9.99. The van der Waals surface area contributed by atoms with E-state index in [-0.39, 0.29) is 0 Å². The van der Waals surface area contributed by atoms with E-state index in [0.29, 0.717) is 28.9 Å². The summed E-state index contributed by atoms with van der Waals surface area (Å²) in [6, 6.07) is 67.1. The molecule has 0 N–H and O–H groups in total. The molecule has 0 spiro atoms. The molecule has 9 rings (SSSR count). The molecule has 0 saturated heterocycles. The van der Waals surface area contributed by atoms with Gasteiger partial charge in [0.25, 0.3) is 0 Å². The molecule has 0 bridgehead atoms. The highest BCUT2D eigenvalue weighted by atomic mass is 15.0. The molecular weight excluding hydrogens is 685 g/mol. The Kier molecular flexibility index (Phi) is 9.23. The third-order valence-corrected chi connectivity index (χ3v) is 9.60. The van der Waals surface area contributed by atoms with E-state index in [2.05, 4.69) is 66.7 Å². The summed E-state index contributed by atoms with van der Waals surface area (Å²) in [6.45, 7) is 0. The summed E-state index contributed by atoms with van der Waals surface area (Å²) < 4.78 is 0. The van der Waals surface area contributed by atoms with Crippen molar-refractivity contribution in [1.82, 2.24) is 24.9 Å². The number of aromatic nitrogens is 5. The van der Waals surface area contributed by atoms with E-state index >= 15 is 0 Å². The van der Waals surface area contributed by atoms with Crippen molar-refractivity contribution in [2.24, 2.45) is 0 Å². The van der Waals surface area contributed by atoms with E-state index < -0.39 is 0 Å². The Hall–Kier alpha value is -7.88. The van der Waals surface area contributed by atoms with Gasteiger partial charge in [0.1, 0.15) is 0 Å². The highest BCUT2D eigenvalue weighted by Gasteiger charge is 2.15. The van der Waals surface area contributed by atoms with Gasteiger partial charge in [-0.1, -0.05) is 164 Å². The Bertz CT molecular complexity index is 2770. The van der Waals surface area contributed by atoms with E-state index in [1.807, 2.05) is 133 Å². The molecule has 9 aromatic rings. The molecule has 0 atom stereocenters. The molecule has 0 fully saturated rings. The van der Waals surface area contributed by atoms with Crippen molar-refractivity contribution in [2.75, 3.05) is 0 Å². The molecule has 56 heavy (non-hydrogen) atoms. The van der Waals surface area contributed by atoms with Crippen molar-refractivity contribution in [2.45, 2.75) is 0 Å². The zero-order chi connectivity index (χ0) is 37.7. The van der Waals surface area contributed by atoms with Crippen molar-refractivity contribution in [3.05, 3.63) is 200 Å². The smallest absolute Gasteiger partial charge is 0.164 e. The average molecular weight is 717 g/mol. The van der Waals surface area contributed by atoms with Gasteiger partial charge < -0.3 is 0 Å². The number of rotatable bonds is 8. The number of hydrogen-bond donors (Lipinski definition) is 0. The predicted molar refractivity (Wildman–Crippen MR) is 224 cm³/mol. The van der Waals surface area contributed by atoms with Crippen molar-refractivity contribution < 1.29 is 0 Å². The topological polar surface area (TPSA) is 88.2 Å². The second kappa shape index (κ2) is 15.2. The number of nitriles is 1. The molecule has 0 aliphatic heterocycles. The van der Waals surface area contributed by atoms with Gasteiger partial charge in [-0.2, -0.15) is 5.26 Å². The Morgan fingerprint density at radius 2 is 0.607 bits per heavy atom. The predicted octanol–water partition coefficient (Wildman–Crippen LogP) is 11.9. The maximum absolute atomic E-state index is 9.41. The summed E-state index contributed by atoms with van der Waals surface area (Å²) >= 11 is 0. The van der Waals surface area contributed by atoms with Crippen LogP contribution in [0.5, 0.6) is 0 Å². The molecule has 262 valence electrons. The van der Waals surface area contributed by atoms with E-state index in [1.165, 1.54) is 0 Å². The van der Waals surface area contributed by atoms with Crippen molar-refractivity contribution in [1.29, 1.82) is 5.26 Å². The molecule has 0 amide bonds. The van der Waals surface area contributed by atoms with Crippen LogP contribution in [0.1, 0.15) is 5.56 Å². The first kappa shape index (κ1) is 33.9. The van der Waals surface area contributed by atoms with Gasteiger partial charge in [0.05, 0.1) is 23.0 Å². The number of benzene rings is 7. The van der Waals surface area contributed by atoms with E-state index in [4.69, 9.17) is 24.9 Å². The van der Waals surface area contributed by atoms with Crippen LogP contribution in [0.15, 0.2) is 194 Å². The highest BCUT2D eigenvalue weighted by molar-refractivity contribution is 5.78. The van der Waals surface area contributed by atoms with Gasteiger partial charge in [0.15, 0.2) is 23.3 Å². The first-order chi connectivity index (χ1) is 27.7. The molecule has 0 radical (unpaired) electrons. The minimum atomic E-state index is 0.599. The number of hydrogen-bond acceptors (Lipinski definition) is 6. The maximum atomic E-state index is 9.41. The van der Waals surface area contributed by atoms with Gasteiger partial charge in [-0.25, -0.2) is 24.9 Å². The molecule has 0 aliphatic carbocycles. The molecule has 6 nitrogen and oxygen atoms in total. The van der Waals surface area contributed by atoms with Gasteiger partial charge in [-0.15, -0.1) is 0 Å². The zero-order valence-electron chi connectivity index (χ0n) is 30.2. The van der Waals surface area contributed by atoms with Crippen molar-refractivity contribution in [3.8, 4) is 96.4 Å². The van der Waals surface area contributed by atoms with Crippen LogP contribution >= 0.6 is 0 Å². The first-order valence-corrected chi connectivity index (χ1v) is 18.3. The van der Waals surface area contributed by atoms with Crippen LogP contribution in [0, 0.1) is 11.3 Å². The average Bonchev–Trinajstić information content (AvgIpc) is 3.30. The fourth-order valence-corrected chi connectivity index (χ4v) is 6.67. The minimum absolute atomic E-state index is 0.599. The molecule has 2 aromatic heterocycles. The second-order valence-electron chi connectivity index (χ2n) is 13.3. The summed E-state index contributed by atoms with van der Waals surface area (Å²) in [6.07, 6.45) is 0. The molecule has 2 heterocycles. The minimum Gasteiger partial charge on any atom is -0.228 e. The van der Waals surface area contributed by atoms with Gasteiger partial charge >= 0.3 is 0 Å². The zero-order valence-corrected chi connectivity index (χ0v) is 30.2. The first-order valence-electron chi connectivity index (χ1n) is 18.3.